The molecule has 2 fully saturated rings. The lowest BCUT2D eigenvalue weighted by atomic mass is 10.1. The molecule has 2 aromatic rings. The summed E-state index contributed by atoms with van der Waals surface area (Å²) in [6.45, 7) is 6.27. The van der Waals surface area contributed by atoms with E-state index in [1.165, 1.54) is 0 Å². The van der Waals surface area contributed by atoms with Crippen molar-refractivity contribution in [3.8, 4) is 11.8 Å². The Hall–Kier alpha value is -2.93. The van der Waals surface area contributed by atoms with Crippen molar-refractivity contribution in [3.63, 3.8) is 0 Å². The lowest BCUT2D eigenvalue weighted by Gasteiger charge is -2.41. The van der Waals surface area contributed by atoms with E-state index >= 15 is 0 Å². The van der Waals surface area contributed by atoms with Crippen molar-refractivity contribution < 1.29 is 19.2 Å². The minimum Gasteiger partial charge on any atom is -0.491 e. The van der Waals surface area contributed by atoms with Gasteiger partial charge in [-0.25, -0.2) is 0 Å². The van der Waals surface area contributed by atoms with Gasteiger partial charge in [-0.2, -0.15) is 5.26 Å². The number of carbonyl (C=O) groups is 1. The average Bonchev–Trinajstić information content (AvgIpc) is 3.20. The van der Waals surface area contributed by atoms with Crippen molar-refractivity contribution in [1.29, 1.82) is 5.26 Å². The first-order chi connectivity index (χ1) is 15.4. The van der Waals surface area contributed by atoms with Gasteiger partial charge in [0.05, 0.1) is 18.2 Å². The van der Waals surface area contributed by atoms with Gasteiger partial charge in [0.15, 0.2) is 5.76 Å². The largest absolute Gasteiger partial charge is 0.491 e. The second-order valence-corrected chi connectivity index (χ2v) is 8.62. The monoisotopic (exact) mass is 439 g/mol. The summed E-state index contributed by atoms with van der Waals surface area (Å²) >= 11 is 0. The number of nitrogens with one attached hydrogen (secondary N) is 1. The number of nitrogens with zero attached hydrogens (tertiary/aromatic N) is 4. The van der Waals surface area contributed by atoms with Crippen molar-refractivity contribution in [2.75, 3.05) is 38.1 Å². The van der Waals surface area contributed by atoms with Gasteiger partial charge >= 0.3 is 0 Å². The normalized spacial score (nSPS) is 21.8. The van der Waals surface area contributed by atoms with Gasteiger partial charge in [-0.15, -0.1) is 0 Å². The van der Waals surface area contributed by atoms with E-state index in [9.17, 15) is 9.90 Å². The van der Waals surface area contributed by atoms with Crippen LogP contribution in [0, 0.1) is 25.2 Å². The maximum atomic E-state index is 12.5. The molecule has 3 unspecified atom stereocenters. The number of ether oxygens (including phenoxy) is 1. The van der Waals surface area contributed by atoms with Crippen molar-refractivity contribution in [2.24, 2.45) is 0 Å². The first-order valence-electron chi connectivity index (χ1n) is 10.9. The molecule has 0 spiro atoms. The molecule has 9 nitrogen and oxygen atoms in total. The quantitative estimate of drug-likeness (QED) is 0.639. The van der Waals surface area contributed by atoms with Gasteiger partial charge in [-0.3, -0.25) is 14.6 Å². The number of hydrogen-bond acceptors (Lipinski definition) is 8. The Balaban J connectivity index is 1.24. The van der Waals surface area contributed by atoms with Gasteiger partial charge in [-0.1, -0.05) is 5.16 Å². The van der Waals surface area contributed by atoms with E-state index in [2.05, 4.69) is 26.3 Å². The topological polar surface area (TPSA) is 115 Å². The Bertz CT molecular complexity index is 950. The molecule has 170 valence electrons. The van der Waals surface area contributed by atoms with E-state index in [0.717, 1.165) is 25.9 Å². The number of carbonyl (C=O) groups excluding carboxylic acids is 1. The van der Waals surface area contributed by atoms with Crippen LogP contribution >= 0.6 is 0 Å². The summed E-state index contributed by atoms with van der Waals surface area (Å²) < 4.78 is 10.8. The molecule has 3 atom stereocenters. The molecule has 4 rings (SSSR count). The summed E-state index contributed by atoms with van der Waals surface area (Å²) in [6.07, 6.45) is 1.52. The Kier molecular flexibility index (Phi) is 6.74. The van der Waals surface area contributed by atoms with E-state index < -0.39 is 6.10 Å². The average molecular weight is 440 g/mol. The van der Waals surface area contributed by atoms with Gasteiger partial charge < -0.3 is 19.7 Å². The van der Waals surface area contributed by atoms with Crippen LogP contribution in [0.1, 0.15) is 29.9 Å². The predicted octanol–water partition coefficient (Wildman–Crippen LogP) is 1.69. The number of nitriles is 1. The van der Waals surface area contributed by atoms with Crippen molar-refractivity contribution in [1.82, 2.24) is 15.0 Å². The molecule has 3 heterocycles. The summed E-state index contributed by atoms with van der Waals surface area (Å²) in [6, 6.07) is 9.59. The maximum absolute atomic E-state index is 12.5. The molecule has 2 N–H and O–H groups in total. The number of anilines is 1. The fourth-order valence-corrected chi connectivity index (χ4v) is 4.66. The van der Waals surface area contributed by atoms with Gasteiger partial charge in [0, 0.05) is 31.7 Å². The maximum Gasteiger partial charge on any atom is 0.238 e. The lowest BCUT2D eigenvalue weighted by Crippen LogP contribution is -2.56. The Labute approximate surface area is 187 Å². The number of benzene rings is 1. The Morgan fingerprint density at radius 2 is 2.00 bits per heavy atom. The molecular weight excluding hydrogens is 410 g/mol. The highest BCUT2D eigenvalue weighted by Gasteiger charge is 2.40. The van der Waals surface area contributed by atoms with Crippen molar-refractivity contribution in [3.05, 3.63) is 41.3 Å². The van der Waals surface area contributed by atoms with Gasteiger partial charge in [0.1, 0.15) is 29.8 Å². The van der Waals surface area contributed by atoms with Crippen LogP contribution in [0.3, 0.4) is 0 Å². The molecule has 1 aromatic heterocycles. The number of rotatable bonds is 8. The van der Waals surface area contributed by atoms with E-state index in [1.807, 2.05) is 6.92 Å². The molecule has 9 heteroatoms. The smallest absolute Gasteiger partial charge is 0.238 e. The number of likely N-dealkylation sites (tertiary alicyclic amines) is 1. The zero-order chi connectivity index (χ0) is 22.7. The molecule has 2 saturated heterocycles. The minimum absolute atomic E-state index is 0.0666. The number of fused-ring (bicyclic) bond motifs is 2. The second kappa shape index (κ2) is 9.69. The molecular formula is C23H29N5O4. The molecule has 2 aliphatic rings. The molecule has 1 amide bonds. The zero-order valence-electron chi connectivity index (χ0n) is 18.5. The van der Waals surface area contributed by atoms with Gasteiger partial charge in [-0.05, 0) is 51.0 Å². The number of amides is 1. The van der Waals surface area contributed by atoms with Crippen LogP contribution in [0.4, 0.5) is 5.69 Å². The third-order valence-corrected chi connectivity index (χ3v) is 6.22. The summed E-state index contributed by atoms with van der Waals surface area (Å²) in [4.78, 5) is 17.1. The van der Waals surface area contributed by atoms with Crippen LogP contribution < -0.4 is 10.1 Å². The number of aryl methyl sites for hydroxylation is 2. The standard InChI is InChI=1S/C23H29N5O4/c1-15-23(16(2)32-26-15)25-22(30)13-27-10-18-5-6-19(11-27)28(18)12-20(29)14-31-21-7-3-17(9-24)4-8-21/h3-4,7-8,18-20,29H,5-6,10-14H2,1-2H3,(H,25,30). The van der Waals surface area contributed by atoms with Crippen LogP contribution in [0.25, 0.3) is 0 Å². The van der Waals surface area contributed by atoms with Gasteiger partial charge in [0.2, 0.25) is 5.91 Å². The minimum atomic E-state index is -0.608. The third kappa shape index (κ3) is 5.10. The summed E-state index contributed by atoms with van der Waals surface area (Å²) in [5.74, 6) is 1.18. The SMILES string of the molecule is Cc1noc(C)c1NC(=O)CN1CC2CCC(C1)N2CC(O)COc1ccc(C#N)cc1. The molecule has 0 saturated carbocycles. The highest BCUT2D eigenvalue weighted by molar-refractivity contribution is 5.93. The summed E-state index contributed by atoms with van der Waals surface area (Å²) in [5, 5.41) is 26.2. The number of aliphatic hydroxyl groups excluding tert-OH is 1. The molecule has 0 radical (unpaired) electrons. The van der Waals surface area contributed by atoms with Crippen molar-refractivity contribution >= 4 is 11.6 Å². The third-order valence-electron chi connectivity index (χ3n) is 6.22. The van der Waals surface area contributed by atoms with E-state index in [-0.39, 0.29) is 12.5 Å². The van der Waals surface area contributed by atoms with E-state index in [1.54, 1.807) is 31.2 Å². The fourth-order valence-electron chi connectivity index (χ4n) is 4.66. The van der Waals surface area contributed by atoms with E-state index in [0.29, 0.717) is 53.6 Å². The van der Waals surface area contributed by atoms with Gasteiger partial charge in [0.25, 0.3) is 0 Å². The summed E-state index contributed by atoms with van der Waals surface area (Å²) in [5.41, 5.74) is 1.91. The Morgan fingerprint density at radius 3 is 2.59 bits per heavy atom. The molecule has 1 aromatic carbocycles. The lowest BCUT2D eigenvalue weighted by molar-refractivity contribution is -0.118. The number of piperazine rings is 1. The molecule has 2 bridgehead atoms. The summed E-state index contributed by atoms with van der Waals surface area (Å²) in [7, 11) is 0. The van der Waals surface area contributed by atoms with E-state index in [4.69, 9.17) is 14.5 Å². The molecule has 2 aliphatic heterocycles. The number of hydrogen-bond donors (Lipinski definition) is 2. The zero-order valence-corrected chi connectivity index (χ0v) is 18.5. The highest BCUT2D eigenvalue weighted by atomic mass is 16.5. The predicted molar refractivity (Wildman–Crippen MR) is 117 cm³/mol. The fraction of sp³-hybridized carbons (Fsp3) is 0.522. The van der Waals surface area contributed by atoms with Crippen LogP contribution in [-0.2, 0) is 4.79 Å². The second-order valence-electron chi connectivity index (χ2n) is 8.62. The molecule has 0 aliphatic carbocycles. The van der Waals surface area contributed by atoms with Crippen LogP contribution in [0.15, 0.2) is 28.8 Å². The van der Waals surface area contributed by atoms with Crippen molar-refractivity contribution in [2.45, 2.75) is 44.9 Å². The first kappa shape index (κ1) is 22.3. The number of aromatic nitrogens is 1. The Morgan fingerprint density at radius 1 is 1.31 bits per heavy atom. The van der Waals surface area contributed by atoms with Crippen LogP contribution in [0.5, 0.6) is 5.75 Å². The first-order valence-corrected chi connectivity index (χ1v) is 10.9. The van der Waals surface area contributed by atoms with Crippen LogP contribution in [-0.4, -0.2) is 76.9 Å². The highest BCUT2D eigenvalue weighted by Crippen LogP contribution is 2.30. The molecule has 32 heavy (non-hydrogen) atoms. The number of aliphatic hydroxyl groups is 1. The van der Waals surface area contributed by atoms with Crippen LogP contribution in [0.2, 0.25) is 0 Å².